The van der Waals surface area contributed by atoms with E-state index in [9.17, 15) is 0 Å². The summed E-state index contributed by atoms with van der Waals surface area (Å²) in [5.74, 6) is 0. The molecule has 1 aromatic rings. The highest BCUT2D eigenvalue weighted by molar-refractivity contribution is 5.28. The first-order valence-electron chi connectivity index (χ1n) is 8.54. The molecule has 2 heteroatoms. The van der Waals surface area contributed by atoms with E-state index in [4.69, 9.17) is 0 Å². The van der Waals surface area contributed by atoms with Crippen molar-refractivity contribution in [3.05, 3.63) is 34.9 Å². The Morgan fingerprint density at radius 2 is 1.76 bits per heavy atom. The van der Waals surface area contributed by atoms with Crippen LogP contribution in [0.4, 0.5) is 0 Å². The van der Waals surface area contributed by atoms with E-state index in [1.165, 1.54) is 36.0 Å². The molecule has 1 unspecified atom stereocenters. The molecule has 118 valence electrons. The molecule has 0 radical (unpaired) electrons. The molecule has 1 fully saturated rings. The predicted molar refractivity (Wildman–Crippen MR) is 91.7 cm³/mol. The zero-order valence-electron chi connectivity index (χ0n) is 14.5. The van der Waals surface area contributed by atoms with Crippen molar-refractivity contribution in [1.82, 2.24) is 10.2 Å². The summed E-state index contributed by atoms with van der Waals surface area (Å²) in [4.78, 5) is 2.68. The van der Waals surface area contributed by atoms with Crippen molar-refractivity contribution in [2.24, 2.45) is 0 Å². The van der Waals surface area contributed by atoms with Gasteiger partial charge in [0.15, 0.2) is 0 Å². The highest BCUT2D eigenvalue weighted by Crippen LogP contribution is 2.24. The van der Waals surface area contributed by atoms with Crippen LogP contribution in [-0.4, -0.2) is 29.6 Å². The summed E-state index contributed by atoms with van der Waals surface area (Å²) in [5, 5.41) is 3.82. The van der Waals surface area contributed by atoms with Gasteiger partial charge < -0.3 is 5.32 Å². The number of hydrogen-bond donors (Lipinski definition) is 1. The van der Waals surface area contributed by atoms with E-state index in [0.29, 0.717) is 11.6 Å². The maximum atomic E-state index is 3.82. The lowest BCUT2D eigenvalue weighted by molar-refractivity contribution is 0.152. The van der Waals surface area contributed by atoms with E-state index in [2.05, 4.69) is 63.0 Å². The van der Waals surface area contributed by atoms with Crippen molar-refractivity contribution < 1.29 is 0 Å². The lowest BCUT2D eigenvalue weighted by Crippen LogP contribution is -2.51. The quantitative estimate of drug-likeness (QED) is 0.899. The van der Waals surface area contributed by atoms with Crippen LogP contribution in [0.2, 0.25) is 0 Å². The molecule has 1 N–H and O–H groups in total. The Bertz CT molecular complexity index is 442. The minimum atomic E-state index is 0.295. The van der Waals surface area contributed by atoms with Crippen LogP contribution in [-0.2, 0) is 6.54 Å². The van der Waals surface area contributed by atoms with E-state index in [1.807, 2.05) is 0 Å². The van der Waals surface area contributed by atoms with Gasteiger partial charge in [0.05, 0.1) is 0 Å². The summed E-state index contributed by atoms with van der Waals surface area (Å²) in [6.07, 6.45) is 3.66. The van der Waals surface area contributed by atoms with Gasteiger partial charge in [0, 0.05) is 24.7 Å². The average Bonchev–Trinajstić information content (AvgIpc) is 2.58. The fourth-order valence-electron chi connectivity index (χ4n) is 3.66. The molecule has 1 aliphatic heterocycles. The average molecular weight is 288 g/mol. The highest BCUT2D eigenvalue weighted by Gasteiger charge is 2.32. The third-order valence-electron chi connectivity index (χ3n) is 5.21. The third kappa shape index (κ3) is 4.08. The fourth-order valence-corrected chi connectivity index (χ4v) is 3.66. The first kappa shape index (κ1) is 16.5. The Morgan fingerprint density at radius 3 is 2.33 bits per heavy atom. The molecule has 1 saturated heterocycles. The molecule has 1 atom stereocenters. The second kappa shape index (κ2) is 6.93. The minimum Gasteiger partial charge on any atom is -0.310 e. The van der Waals surface area contributed by atoms with Crippen molar-refractivity contribution in [2.75, 3.05) is 13.1 Å². The van der Waals surface area contributed by atoms with E-state index in [-0.39, 0.29) is 0 Å². The lowest BCUT2D eigenvalue weighted by atomic mass is 9.92. The number of nitrogens with one attached hydrogen (secondary N) is 1. The van der Waals surface area contributed by atoms with Gasteiger partial charge in [0.25, 0.3) is 0 Å². The number of rotatable bonds is 4. The summed E-state index contributed by atoms with van der Waals surface area (Å²) < 4.78 is 0. The fraction of sp³-hybridized carbons (Fsp3) is 0.684. The Labute approximate surface area is 130 Å². The summed E-state index contributed by atoms with van der Waals surface area (Å²) in [7, 11) is 0. The number of benzene rings is 1. The minimum absolute atomic E-state index is 0.295. The van der Waals surface area contributed by atoms with Gasteiger partial charge in [-0.3, -0.25) is 4.90 Å². The molecule has 2 nitrogen and oxygen atoms in total. The maximum absolute atomic E-state index is 3.82. The number of hydrogen-bond acceptors (Lipinski definition) is 2. The summed E-state index contributed by atoms with van der Waals surface area (Å²) in [5.41, 5.74) is 4.51. The van der Waals surface area contributed by atoms with Gasteiger partial charge in [-0.15, -0.1) is 0 Å². The molecule has 0 aromatic heterocycles. The molecule has 0 amide bonds. The first-order valence-corrected chi connectivity index (χ1v) is 8.54. The van der Waals surface area contributed by atoms with Crippen LogP contribution >= 0.6 is 0 Å². The number of aryl methyl sites for hydroxylation is 2. The molecule has 0 bridgehead atoms. The van der Waals surface area contributed by atoms with Gasteiger partial charge in [-0.25, -0.2) is 0 Å². The molecular weight excluding hydrogens is 256 g/mol. The molecular formula is C19H32N2. The van der Waals surface area contributed by atoms with Crippen molar-refractivity contribution >= 4 is 0 Å². The molecule has 1 aromatic carbocycles. The van der Waals surface area contributed by atoms with E-state index in [1.54, 1.807) is 0 Å². The SMILES string of the molecule is CCC1(CC)CN(Cc2cc(C)cc(C)c2)C(C)CCN1. The summed E-state index contributed by atoms with van der Waals surface area (Å²) in [6, 6.07) is 7.60. The zero-order valence-corrected chi connectivity index (χ0v) is 14.5. The molecule has 1 heterocycles. The standard InChI is InChI=1S/C19H32N2/c1-6-19(7-2)14-21(17(5)8-9-20-19)13-18-11-15(3)10-16(4)12-18/h10-12,17,20H,6-9,13-14H2,1-5H3. The normalized spacial score (nSPS) is 23.0. The van der Waals surface area contributed by atoms with Gasteiger partial charge in [0.1, 0.15) is 0 Å². The van der Waals surface area contributed by atoms with Gasteiger partial charge in [0.2, 0.25) is 0 Å². The molecule has 1 aliphatic rings. The lowest BCUT2D eigenvalue weighted by Gasteiger charge is -2.37. The van der Waals surface area contributed by atoms with E-state index >= 15 is 0 Å². The molecule has 0 spiro atoms. The molecule has 0 aliphatic carbocycles. The van der Waals surface area contributed by atoms with Gasteiger partial charge in [-0.1, -0.05) is 43.2 Å². The Morgan fingerprint density at radius 1 is 1.14 bits per heavy atom. The van der Waals surface area contributed by atoms with E-state index < -0.39 is 0 Å². The third-order valence-corrected chi connectivity index (χ3v) is 5.21. The second-order valence-electron chi connectivity index (χ2n) is 6.95. The van der Waals surface area contributed by atoms with Crippen molar-refractivity contribution in [2.45, 2.75) is 72.0 Å². The Hall–Kier alpha value is -0.860. The molecule has 2 rings (SSSR count). The van der Waals surface area contributed by atoms with Crippen molar-refractivity contribution in [3.8, 4) is 0 Å². The van der Waals surface area contributed by atoms with Crippen LogP contribution in [0.3, 0.4) is 0 Å². The van der Waals surface area contributed by atoms with Crippen LogP contribution in [0, 0.1) is 13.8 Å². The second-order valence-corrected chi connectivity index (χ2v) is 6.95. The molecule has 0 saturated carbocycles. The Kier molecular flexibility index (Phi) is 5.45. The summed E-state index contributed by atoms with van der Waals surface area (Å²) in [6.45, 7) is 14.8. The predicted octanol–water partition coefficient (Wildman–Crippen LogP) is 4.05. The van der Waals surface area contributed by atoms with Crippen LogP contribution in [0.1, 0.15) is 56.7 Å². The highest BCUT2D eigenvalue weighted by atomic mass is 15.2. The van der Waals surface area contributed by atoms with Crippen molar-refractivity contribution in [3.63, 3.8) is 0 Å². The Balaban J connectivity index is 2.18. The topological polar surface area (TPSA) is 15.3 Å². The smallest absolute Gasteiger partial charge is 0.0303 e. The van der Waals surface area contributed by atoms with Crippen LogP contribution in [0.25, 0.3) is 0 Å². The summed E-state index contributed by atoms with van der Waals surface area (Å²) >= 11 is 0. The van der Waals surface area contributed by atoms with Gasteiger partial charge in [-0.2, -0.15) is 0 Å². The van der Waals surface area contributed by atoms with Crippen LogP contribution in [0.5, 0.6) is 0 Å². The first-order chi connectivity index (χ1) is 9.98. The zero-order chi connectivity index (χ0) is 15.5. The maximum Gasteiger partial charge on any atom is 0.0303 e. The number of nitrogens with zero attached hydrogens (tertiary/aromatic N) is 1. The largest absolute Gasteiger partial charge is 0.310 e. The monoisotopic (exact) mass is 288 g/mol. The van der Waals surface area contributed by atoms with Gasteiger partial charge >= 0.3 is 0 Å². The van der Waals surface area contributed by atoms with E-state index in [0.717, 1.165) is 19.6 Å². The molecule has 21 heavy (non-hydrogen) atoms. The van der Waals surface area contributed by atoms with Crippen LogP contribution < -0.4 is 5.32 Å². The van der Waals surface area contributed by atoms with Gasteiger partial charge in [-0.05, 0) is 52.1 Å². The van der Waals surface area contributed by atoms with Crippen molar-refractivity contribution in [1.29, 1.82) is 0 Å². The van der Waals surface area contributed by atoms with Crippen LogP contribution in [0.15, 0.2) is 18.2 Å².